The molecule has 0 spiro atoms. The fourth-order valence-electron chi connectivity index (χ4n) is 2.02. The van der Waals surface area contributed by atoms with Crippen LogP contribution in [0.1, 0.15) is 51.9 Å². The molecule has 3 nitrogen and oxygen atoms in total. The molecule has 1 N–H and O–H groups in total. The van der Waals surface area contributed by atoms with Gasteiger partial charge in [0.25, 0.3) is 0 Å². The summed E-state index contributed by atoms with van der Waals surface area (Å²) in [5.74, 6) is 0.478. The summed E-state index contributed by atoms with van der Waals surface area (Å²) in [6.07, 6.45) is 7.91. The summed E-state index contributed by atoms with van der Waals surface area (Å²) in [4.78, 5) is 0. The third kappa shape index (κ3) is 5.83. The fraction of sp³-hybridized carbons (Fsp3) is 1.00. The van der Waals surface area contributed by atoms with Gasteiger partial charge in [-0.25, -0.2) is 0 Å². The van der Waals surface area contributed by atoms with E-state index in [0.717, 1.165) is 45.3 Å². The molecule has 0 aromatic heterocycles. The second kappa shape index (κ2) is 8.97. The molecule has 0 aromatic rings. The number of rotatable bonds is 8. The number of ether oxygens (including phenoxy) is 2. The first-order valence-corrected chi connectivity index (χ1v) is 6.71. The first-order valence-electron chi connectivity index (χ1n) is 6.71. The van der Waals surface area contributed by atoms with Crippen LogP contribution in [0.4, 0.5) is 0 Å². The molecule has 0 aliphatic carbocycles. The highest BCUT2D eigenvalue weighted by atomic mass is 16.7. The molecule has 3 heteroatoms. The minimum absolute atomic E-state index is 0.0496. The highest BCUT2D eigenvalue weighted by molar-refractivity contribution is 4.56. The van der Waals surface area contributed by atoms with E-state index < -0.39 is 0 Å². The predicted molar refractivity (Wildman–Crippen MR) is 64.3 cm³/mol. The Morgan fingerprint density at radius 1 is 1.38 bits per heavy atom. The van der Waals surface area contributed by atoms with E-state index in [2.05, 4.69) is 6.92 Å². The number of hydrogen-bond acceptors (Lipinski definition) is 3. The van der Waals surface area contributed by atoms with E-state index in [4.69, 9.17) is 14.6 Å². The Hall–Kier alpha value is -0.120. The molecule has 0 aromatic carbocycles. The van der Waals surface area contributed by atoms with E-state index >= 15 is 0 Å². The van der Waals surface area contributed by atoms with E-state index in [1.807, 2.05) is 0 Å². The zero-order valence-electron chi connectivity index (χ0n) is 10.5. The summed E-state index contributed by atoms with van der Waals surface area (Å²) in [5.41, 5.74) is 0. The van der Waals surface area contributed by atoms with E-state index in [9.17, 15) is 0 Å². The summed E-state index contributed by atoms with van der Waals surface area (Å²) in [5, 5.41) is 9.04. The zero-order chi connectivity index (χ0) is 11.6. The molecule has 0 unspecified atom stereocenters. The SMILES string of the molecule is CC[C@H](CO)CCCCO[C@@H]1CCCCO1. The molecule has 1 fully saturated rings. The molecule has 2 atom stereocenters. The van der Waals surface area contributed by atoms with Crippen LogP contribution in [0, 0.1) is 5.92 Å². The zero-order valence-corrected chi connectivity index (χ0v) is 10.5. The third-order valence-electron chi connectivity index (χ3n) is 3.28. The van der Waals surface area contributed by atoms with Crippen molar-refractivity contribution in [3.8, 4) is 0 Å². The average Bonchev–Trinajstić information content (AvgIpc) is 2.35. The molecular weight excluding hydrogens is 204 g/mol. The minimum Gasteiger partial charge on any atom is -0.396 e. The summed E-state index contributed by atoms with van der Waals surface area (Å²) in [7, 11) is 0. The Morgan fingerprint density at radius 3 is 2.88 bits per heavy atom. The van der Waals surface area contributed by atoms with Crippen LogP contribution < -0.4 is 0 Å². The highest BCUT2D eigenvalue weighted by Gasteiger charge is 2.13. The topological polar surface area (TPSA) is 38.7 Å². The van der Waals surface area contributed by atoms with Gasteiger partial charge in [-0.05, 0) is 38.0 Å². The van der Waals surface area contributed by atoms with Crippen LogP contribution in [0.15, 0.2) is 0 Å². The van der Waals surface area contributed by atoms with Crippen molar-refractivity contribution in [3.63, 3.8) is 0 Å². The maximum atomic E-state index is 9.04. The van der Waals surface area contributed by atoms with Gasteiger partial charge in [-0.15, -0.1) is 0 Å². The Balaban J connectivity index is 1.90. The second-order valence-electron chi connectivity index (χ2n) is 4.62. The van der Waals surface area contributed by atoms with Gasteiger partial charge in [-0.3, -0.25) is 0 Å². The Kier molecular flexibility index (Phi) is 7.81. The van der Waals surface area contributed by atoms with Crippen molar-refractivity contribution in [1.82, 2.24) is 0 Å². The van der Waals surface area contributed by atoms with E-state index in [1.165, 1.54) is 12.8 Å². The normalized spacial score (nSPS) is 23.2. The van der Waals surface area contributed by atoms with Crippen molar-refractivity contribution < 1.29 is 14.6 Å². The van der Waals surface area contributed by atoms with Crippen molar-refractivity contribution in [3.05, 3.63) is 0 Å². The summed E-state index contributed by atoms with van der Waals surface area (Å²) >= 11 is 0. The van der Waals surface area contributed by atoms with Crippen LogP contribution in [-0.2, 0) is 9.47 Å². The van der Waals surface area contributed by atoms with Gasteiger partial charge in [0.2, 0.25) is 0 Å². The van der Waals surface area contributed by atoms with Crippen LogP contribution in [0.2, 0.25) is 0 Å². The standard InChI is InChI=1S/C13H26O3/c1-2-12(11-14)7-3-5-9-15-13-8-4-6-10-16-13/h12-14H,2-11H2,1H3/t12-,13-/m0/s1. The number of aliphatic hydroxyl groups is 1. The smallest absolute Gasteiger partial charge is 0.157 e. The van der Waals surface area contributed by atoms with Crippen LogP contribution in [0.3, 0.4) is 0 Å². The summed E-state index contributed by atoms with van der Waals surface area (Å²) in [6.45, 7) is 4.11. The lowest BCUT2D eigenvalue weighted by Crippen LogP contribution is -2.22. The molecule has 96 valence electrons. The predicted octanol–water partition coefficient (Wildman–Crippen LogP) is 2.72. The molecule has 0 amide bonds. The number of unbranched alkanes of at least 4 members (excludes halogenated alkanes) is 1. The molecule has 1 aliphatic heterocycles. The summed E-state index contributed by atoms with van der Waals surface area (Å²) in [6, 6.07) is 0. The van der Waals surface area contributed by atoms with Gasteiger partial charge in [0.05, 0.1) is 0 Å². The van der Waals surface area contributed by atoms with Crippen LogP contribution in [-0.4, -0.2) is 31.2 Å². The Bertz CT molecular complexity index is 151. The van der Waals surface area contributed by atoms with Crippen molar-refractivity contribution in [2.75, 3.05) is 19.8 Å². The second-order valence-corrected chi connectivity index (χ2v) is 4.62. The molecule has 1 saturated heterocycles. The number of hydrogen-bond donors (Lipinski definition) is 1. The van der Waals surface area contributed by atoms with Gasteiger partial charge < -0.3 is 14.6 Å². The molecule has 1 heterocycles. The highest BCUT2D eigenvalue weighted by Crippen LogP contribution is 2.15. The maximum Gasteiger partial charge on any atom is 0.157 e. The van der Waals surface area contributed by atoms with Crippen molar-refractivity contribution in [1.29, 1.82) is 0 Å². The lowest BCUT2D eigenvalue weighted by molar-refractivity contribution is -0.162. The quantitative estimate of drug-likeness (QED) is 0.652. The molecule has 0 bridgehead atoms. The number of aliphatic hydroxyl groups excluding tert-OH is 1. The maximum absolute atomic E-state index is 9.04. The van der Waals surface area contributed by atoms with E-state index in [0.29, 0.717) is 12.5 Å². The lowest BCUT2D eigenvalue weighted by atomic mass is 10.0. The molecule has 16 heavy (non-hydrogen) atoms. The molecule has 0 radical (unpaired) electrons. The molecule has 0 saturated carbocycles. The first kappa shape index (κ1) is 13.9. The van der Waals surface area contributed by atoms with Gasteiger partial charge in [-0.2, -0.15) is 0 Å². The van der Waals surface area contributed by atoms with Gasteiger partial charge in [0.1, 0.15) is 0 Å². The van der Waals surface area contributed by atoms with Crippen LogP contribution in [0.5, 0.6) is 0 Å². The largest absolute Gasteiger partial charge is 0.396 e. The van der Waals surface area contributed by atoms with Gasteiger partial charge in [-0.1, -0.05) is 19.8 Å². The monoisotopic (exact) mass is 230 g/mol. The van der Waals surface area contributed by atoms with E-state index in [1.54, 1.807) is 0 Å². The Morgan fingerprint density at radius 2 is 2.25 bits per heavy atom. The first-order chi connectivity index (χ1) is 7.86. The van der Waals surface area contributed by atoms with Gasteiger partial charge in [0.15, 0.2) is 6.29 Å². The van der Waals surface area contributed by atoms with Crippen LogP contribution in [0.25, 0.3) is 0 Å². The molecule has 1 aliphatic rings. The average molecular weight is 230 g/mol. The van der Waals surface area contributed by atoms with Gasteiger partial charge in [0, 0.05) is 19.8 Å². The fourth-order valence-corrected chi connectivity index (χ4v) is 2.02. The molecule has 1 rings (SSSR count). The lowest BCUT2D eigenvalue weighted by Gasteiger charge is -2.22. The van der Waals surface area contributed by atoms with Crippen molar-refractivity contribution in [2.45, 2.75) is 58.2 Å². The van der Waals surface area contributed by atoms with Gasteiger partial charge >= 0.3 is 0 Å². The minimum atomic E-state index is 0.0496. The van der Waals surface area contributed by atoms with Crippen molar-refractivity contribution >= 4 is 0 Å². The molecular formula is C13H26O3. The Labute approximate surface area is 99.1 Å². The van der Waals surface area contributed by atoms with E-state index in [-0.39, 0.29) is 6.29 Å². The third-order valence-corrected chi connectivity index (χ3v) is 3.28. The van der Waals surface area contributed by atoms with Crippen molar-refractivity contribution in [2.24, 2.45) is 5.92 Å². The summed E-state index contributed by atoms with van der Waals surface area (Å²) < 4.78 is 11.1. The van der Waals surface area contributed by atoms with Crippen LogP contribution >= 0.6 is 0 Å².